The number of aromatic nitrogens is 1. The lowest BCUT2D eigenvalue weighted by Gasteiger charge is -2.28. The van der Waals surface area contributed by atoms with Gasteiger partial charge in [-0.25, -0.2) is 0 Å². The van der Waals surface area contributed by atoms with E-state index in [0.717, 1.165) is 24.1 Å². The lowest BCUT2D eigenvalue weighted by atomic mass is 10.1. The van der Waals surface area contributed by atoms with Gasteiger partial charge >= 0.3 is 0 Å². The van der Waals surface area contributed by atoms with Crippen LogP contribution >= 0.6 is 0 Å². The number of nitrogens with zero attached hydrogens (tertiary/aromatic N) is 2. The van der Waals surface area contributed by atoms with Crippen LogP contribution in [-0.4, -0.2) is 23.5 Å². The lowest BCUT2D eigenvalue weighted by Crippen LogP contribution is -2.35. The average molecular weight is 365 g/mol. The van der Waals surface area contributed by atoms with E-state index in [-0.39, 0.29) is 11.6 Å². The number of aryl methyl sites for hydroxylation is 1. The zero-order valence-electron chi connectivity index (χ0n) is 14.9. The molecule has 1 aliphatic heterocycles. The van der Waals surface area contributed by atoms with Gasteiger partial charge in [-0.15, -0.1) is 0 Å². The van der Waals surface area contributed by atoms with Crippen LogP contribution in [0.5, 0.6) is 0 Å². The molecule has 0 aliphatic carbocycles. The molecule has 0 unspecified atom stereocenters. The van der Waals surface area contributed by atoms with Gasteiger partial charge in [0.25, 0.3) is 5.91 Å². The largest absolute Gasteiger partial charge is 0.461 e. The smallest absolute Gasteiger partial charge is 0.277 e. The number of carbonyl (C=O) groups excluding carboxylic acids is 2. The highest BCUT2D eigenvalue weighted by molar-refractivity contribution is 6.04. The van der Waals surface area contributed by atoms with Gasteiger partial charge in [0.15, 0.2) is 11.5 Å². The van der Waals surface area contributed by atoms with Crippen LogP contribution in [0.2, 0.25) is 0 Å². The fourth-order valence-electron chi connectivity index (χ4n) is 3.15. The number of piperidine rings is 1. The van der Waals surface area contributed by atoms with Crippen LogP contribution in [0.15, 0.2) is 51.6 Å². The number of amides is 2. The molecule has 3 heterocycles. The Hall–Kier alpha value is -3.35. The first kappa shape index (κ1) is 17.1. The molecule has 0 bridgehead atoms. The van der Waals surface area contributed by atoms with Crippen molar-refractivity contribution in [2.45, 2.75) is 26.2 Å². The molecule has 7 nitrogen and oxygen atoms in total. The lowest BCUT2D eigenvalue weighted by molar-refractivity contribution is -0.119. The number of benzene rings is 1. The van der Waals surface area contributed by atoms with Gasteiger partial charge in [-0.3, -0.25) is 9.59 Å². The van der Waals surface area contributed by atoms with Crippen molar-refractivity contribution < 1.29 is 18.5 Å². The molecular formula is C20H19N3O4. The number of rotatable bonds is 4. The fraction of sp³-hybridized carbons (Fsp3) is 0.250. The van der Waals surface area contributed by atoms with Crippen molar-refractivity contribution in [1.82, 2.24) is 5.16 Å². The fourth-order valence-corrected chi connectivity index (χ4v) is 3.15. The number of carbonyl (C=O) groups is 2. The Morgan fingerprint density at radius 3 is 2.85 bits per heavy atom. The highest BCUT2D eigenvalue weighted by Crippen LogP contribution is 2.28. The van der Waals surface area contributed by atoms with E-state index in [4.69, 9.17) is 8.94 Å². The van der Waals surface area contributed by atoms with E-state index in [1.54, 1.807) is 23.1 Å². The first-order chi connectivity index (χ1) is 13.1. The van der Waals surface area contributed by atoms with Crippen LogP contribution in [-0.2, 0) is 4.79 Å². The minimum atomic E-state index is -0.392. The van der Waals surface area contributed by atoms with Gasteiger partial charge in [-0.2, -0.15) is 0 Å². The molecule has 3 aromatic rings. The van der Waals surface area contributed by atoms with Crippen LogP contribution in [0.1, 0.15) is 35.3 Å². The van der Waals surface area contributed by atoms with Crippen LogP contribution in [0.3, 0.4) is 0 Å². The van der Waals surface area contributed by atoms with Crippen molar-refractivity contribution in [3.63, 3.8) is 0 Å². The van der Waals surface area contributed by atoms with Gasteiger partial charge in [-0.1, -0.05) is 11.2 Å². The van der Waals surface area contributed by atoms with Gasteiger partial charge in [0.2, 0.25) is 11.7 Å². The van der Waals surface area contributed by atoms with Crippen LogP contribution < -0.4 is 10.2 Å². The van der Waals surface area contributed by atoms with Crippen molar-refractivity contribution in [2.24, 2.45) is 0 Å². The summed E-state index contributed by atoms with van der Waals surface area (Å²) in [6, 6.07) is 10.5. The van der Waals surface area contributed by atoms with E-state index < -0.39 is 5.91 Å². The molecule has 1 fully saturated rings. The summed E-state index contributed by atoms with van der Waals surface area (Å²) in [5.74, 6) is 0.611. The predicted molar refractivity (Wildman–Crippen MR) is 99.5 cm³/mol. The topological polar surface area (TPSA) is 88.6 Å². The second kappa shape index (κ2) is 7.11. The van der Waals surface area contributed by atoms with Crippen LogP contribution in [0, 0.1) is 6.92 Å². The molecule has 138 valence electrons. The van der Waals surface area contributed by atoms with Crippen molar-refractivity contribution in [1.29, 1.82) is 0 Å². The van der Waals surface area contributed by atoms with E-state index in [1.165, 1.54) is 12.3 Å². The summed E-state index contributed by atoms with van der Waals surface area (Å²) in [7, 11) is 0. The molecule has 7 heteroatoms. The SMILES string of the molecule is Cc1ccc(NC(=O)c2cc(-c3ccco3)on2)cc1N1CCCCC1=O. The summed E-state index contributed by atoms with van der Waals surface area (Å²) in [6.07, 6.45) is 3.99. The van der Waals surface area contributed by atoms with E-state index in [9.17, 15) is 9.59 Å². The summed E-state index contributed by atoms with van der Waals surface area (Å²) in [4.78, 5) is 26.5. The predicted octanol–water partition coefficient (Wildman–Crippen LogP) is 4.01. The molecule has 27 heavy (non-hydrogen) atoms. The maximum atomic E-state index is 12.5. The normalized spacial score (nSPS) is 14.4. The van der Waals surface area contributed by atoms with Gasteiger partial charge < -0.3 is 19.2 Å². The third kappa shape index (κ3) is 3.48. The molecule has 4 rings (SSSR count). The zero-order chi connectivity index (χ0) is 18.8. The Morgan fingerprint density at radius 2 is 2.07 bits per heavy atom. The minimum Gasteiger partial charge on any atom is -0.461 e. The van der Waals surface area contributed by atoms with E-state index in [0.29, 0.717) is 30.2 Å². The Labute approximate surface area is 155 Å². The molecule has 0 radical (unpaired) electrons. The third-order valence-electron chi connectivity index (χ3n) is 4.59. The van der Waals surface area contributed by atoms with Crippen LogP contribution in [0.25, 0.3) is 11.5 Å². The summed E-state index contributed by atoms with van der Waals surface area (Å²) >= 11 is 0. The summed E-state index contributed by atoms with van der Waals surface area (Å²) in [6.45, 7) is 2.66. The molecule has 2 aromatic heterocycles. The van der Waals surface area contributed by atoms with Crippen molar-refractivity contribution in [3.05, 3.63) is 53.9 Å². The monoisotopic (exact) mass is 365 g/mol. The highest BCUT2D eigenvalue weighted by atomic mass is 16.5. The first-order valence-corrected chi connectivity index (χ1v) is 8.85. The highest BCUT2D eigenvalue weighted by Gasteiger charge is 2.22. The van der Waals surface area contributed by atoms with E-state index in [1.807, 2.05) is 19.1 Å². The Kier molecular flexibility index (Phi) is 4.50. The van der Waals surface area contributed by atoms with Crippen molar-refractivity contribution in [2.75, 3.05) is 16.8 Å². The van der Waals surface area contributed by atoms with Gasteiger partial charge in [0.05, 0.1) is 6.26 Å². The van der Waals surface area contributed by atoms with Crippen LogP contribution in [0.4, 0.5) is 11.4 Å². The Bertz CT molecular complexity index is 975. The zero-order valence-corrected chi connectivity index (χ0v) is 14.9. The molecule has 0 saturated carbocycles. The quantitative estimate of drug-likeness (QED) is 0.754. The maximum Gasteiger partial charge on any atom is 0.277 e. The Balaban J connectivity index is 1.53. The number of anilines is 2. The summed E-state index contributed by atoms with van der Waals surface area (Å²) < 4.78 is 10.4. The van der Waals surface area contributed by atoms with Crippen molar-refractivity contribution >= 4 is 23.2 Å². The molecule has 1 aliphatic rings. The summed E-state index contributed by atoms with van der Waals surface area (Å²) in [5.41, 5.74) is 2.57. The molecular weight excluding hydrogens is 346 g/mol. The Morgan fingerprint density at radius 1 is 1.19 bits per heavy atom. The first-order valence-electron chi connectivity index (χ1n) is 8.85. The standard InChI is InChI=1S/C20H19N3O4/c1-13-7-8-14(11-16(13)23-9-3-2-6-19(23)24)21-20(25)15-12-18(27-22-15)17-5-4-10-26-17/h4-5,7-8,10-12H,2-3,6,9H2,1H3,(H,21,25). The minimum absolute atomic E-state index is 0.118. The molecule has 1 aromatic carbocycles. The van der Waals surface area contributed by atoms with E-state index >= 15 is 0 Å². The molecule has 1 N–H and O–H groups in total. The number of furan rings is 1. The third-order valence-corrected chi connectivity index (χ3v) is 4.59. The molecule has 2 amide bonds. The summed E-state index contributed by atoms with van der Waals surface area (Å²) in [5, 5.41) is 6.61. The van der Waals surface area contributed by atoms with Crippen molar-refractivity contribution in [3.8, 4) is 11.5 Å². The number of hydrogen-bond acceptors (Lipinski definition) is 5. The average Bonchev–Trinajstić information content (AvgIpc) is 3.35. The number of hydrogen-bond donors (Lipinski definition) is 1. The van der Waals surface area contributed by atoms with Gasteiger partial charge in [0, 0.05) is 30.4 Å². The second-order valence-electron chi connectivity index (χ2n) is 6.51. The van der Waals surface area contributed by atoms with Gasteiger partial charge in [0.1, 0.15) is 0 Å². The van der Waals surface area contributed by atoms with E-state index in [2.05, 4.69) is 10.5 Å². The molecule has 0 atom stereocenters. The van der Waals surface area contributed by atoms with Gasteiger partial charge in [-0.05, 0) is 49.6 Å². The molecule has 0 spiro atoms. The number of nitrogens with one attached hydrogen (secondary N) is 1. The maximum absolute atomic E-state index is 12.5. The second-order valence-corrected chi connectivity index (χ2v) is 6.51. The molecule has 1 saturated heterocycles.